The molecule has 1 unspecified atom stereocenters. The molecule has 0 saturated carbocycles. The smallest absolute Gasteiger partial charge is 0.279 e. The quantitative estimate of drug-likeness (QED) is 0.614. The molecule has 0 aliphatic carbocycles. The number of para-hydroxylation sites is 1. The maximum atomic E-state index is 12.2. The molecular formula is C21H27ClN3O2+. The van der Waals surface area contributed by atoms with Gasteiger partial charge in [-0.1, -0.05) is 54.1 Å². The lowest BCUT2D eigenvalue weighted by Gasteiger charge is -2.17. The predicted octanol–water partition coefficient (Wildman–Crippen LogP) is 1.93. The molecule has 2 amide bonds. The summed E-state index contributed by atoms with van der Waals surface area (Å²) in [7, 11) is 1.82. The Labute approximate surface area is 165 Å². The number of hydrogen-bond donors (Lipinski definition) is 3. The van der Waals surface area contributed by atoms with Crippen LogP contribution in [0, 0.1) is 0 Å². The van der Waals surface area contributed by atoms with Crippen molar-refractivity contribution in [3.8, 4) is 0 Å². The number of carbonyl (C=O) groups is 2. The van der Waals surface area contributed by atoms with E-state index < -0.39 is 0 Å². The maximum Gasteiger partial charge on any atom is 0.279 e. The van der Waals surface area contributed by atoms with E-state index in [9.17, 15) is 9.59 Å². The molecule has 27 heavy (non-hydrogen) atoms. The van der Waals surface area contributed by atoms with Gasteiger partial charge in [0.05, 0.1) is 17.8 Å². The van der Waals surface area contributed by atoms with Crippen LogP contribution in [0.25, 0.3) is 0 Å². The van der Waals surface area contributed by atoms with E-state index in [2.05, 4.69) is 22.8 Å². The monoisotopic (exact) mass is 388 g/mol. The molecule has 144 valence electrons. The van der Waals surface area contributed by atoms with E-state index in [-0.39, 0.29) is 30.9 Å². The standard InChI is InChI=1S/C21H26ClN3O2/c1-16(12-13-17-8-4-3-5-9-17)23-20(26)14-25(2)15-21(27)24-19-11-7-6-10-18(19)22/h3-11,16H,12-15H2,1-2H3,(H,23,26)(H,24,27)/p+1/t16-/m0/s1. The lowest BCUT2D eigenvalue weighted by molar-refractivity contribution is -0.862. The second-order valence-corrected chi connectivity index (χ2v) is 7.24. The number of rotatable bonds is 9. The van der Waals surface area contributed by atoms with Crippen LogP contribution in [-0.2, 0) is 16.0 Å². The molecule has 0 heterocycles. The minimum atomic E-state index is -0.175. The van der Waals surface area contributed by atoms with E-state index in [1.54, 1.807) is 18.2 Å². The fraction of sp³-hybridized carbons (Fsp3) is 0.333. The number of hydrogen-bond acceptors (Lipinski definition) is 2. The highest BCUT2D eigenvalue weighted by molar-refractivity contribution is 6.33. The molecule has 0 aliphatic rings. The Morgan fingerprint density at radius 3 is 2.33 bits per heavy atom. The van der Waals surface area contributed by atoms with E-state index in [4.69, 9.17) is 11.6 Å². The van der Waals surface area contributed by atoms with E-state index in [1.807, 2.05) is 38.2 Å². The summed E-state index contributed by atoms with van der Waals surface area (Å²) in [5.41, 5.74) is 1.84. The van der Waals surface area contributed by atoms with E-state index in [0.717, 1.165) is 17.7 Å². The number of benzene rings is 2. The highest BCUT2D eigenvalue weighted by atomic mass is 35.5. The summed E-state index contributed by atoms with van der Waals surface area (Å²) >= 11 is 6.03. The van der Waals surface area contributed by atoms with Gasteiger partial charge in [-0.2, -0.15) is 0 Å². The van der Waals surface area contributed by atoms with Gasteiger partial charge in [0.2, 0.25) is 0 Å². The number of halogens is 1. The van der Waals surface area contributed by atoms with Crippen molar-refractivity contribution in [3.63, 3.8) is 0 Å². The maximum absolute atomic E-state index is 12.2. The van der Waals surface area contributed by atoms with Crippen LogP contribution in [-0.4, -0.2) is 38.0 Å². The Bertz CT molecular complexity index is 752. The van der Waals surface area contributed by atoms with Crippen LogP contribution < -0.4 is 15.5 Å². The molecule has 3 N–H and O–H groups in total. The fourth-order valence-electron chi connectivity index (χ4n) is 2.79. The Balaban J connectivity index is 1.69. The Morgan fingerprint density at radius 1 is 1.00 bits per heavy atom. The van der Waals surface area contributed by atoms with Crippen LogP contribution >= 0.6 is 11.6 Å². The van der Waals surface area contributed by atoms with Crippen LogP contribution in [0.4, 0.5) is 5.69 Å². The number of likely N-dealkylation sites (N-methyl/N-ethyl adjacent to an activating group) is 1. The van der Waals surface area contributed by atoms with Crippen LogP contribution in [0.1, 0.15) is 18.9 Å². The predicted molar refractivity (Wildman–Crippen MR) is 109 cm³/mol. The fourth-order valence-corrected chi connectivity index (χ4v) is 2.98. The lowest BCUT2D eigenvalue weighted by atomic mass is 10.1. The Hall–Kier alpha value is -2.37. The first-order chi connectivity index (χ1) is 12.9. The van der Waals surface area contributed by atoms with Gasteiger partial charge < -0.3 is 15.5 Å². The third kappa shape index (κ3) is 7.81. The molecular weight excluding hydrogens is 362 g/mol. The van der Waals surface area contributed by atoms with E-state index in [0.29, 0.717) is 10.7 Å². The van der Waals surface area contributed by atoms with Crippen LogP contribution in [0.5, 0.6) is 0 Å². The van der Waals surface area contributed by atoms with Crippen molar-refractivity contribution in [2.45, 2.75) is 25.8 Å². The Morgan fingerprint density at radius 2 is 1.63 bits per heavy atom. The van der Waals surface area contributed by atoms with Gasteiger partial charge in [-0.3, -0.25) is 9.59 Å². The van der Waals surface area contributed by atoms with Crippen LogP contribution in [0.3, 0.4) is 0 Å². The number of nitrogens with one attached hydrogen (secondary N) is 3. The number of quaternary nitrogens is 1. The molecule has 0 aliphatic heterocycles. The van der Waals surface area contributed by atoms with Gasteiger partial charge >= 0.3 is 0 Å². The first-order valence-electron chi connectivity index (χ1n) is 9.13. The minimum Gasteiger partial charge on any atom is -0.349 e. The van der Waals surface area contributed by atoms with Gasteiger partial charge in [0.15, 0.2) is 13.1 Å². The molecule has 6 heteroatoms. The molecule has 2 aromatic carbocycles. The summed E-state index contributed by atoms with van der Waals surface area (Å²) in [4.78, 5) is 25.1. The van der Waals surface area contributed by atoms with E-state index in [1.165, 1.54) is 5.56 Å². The molecule has 2 aromatic rings. The summed E-state index contributed by atoms with van der Waals surface area (Å²) in [5, 5.41) is 6.26. The minimum absolute atomic E-state index is 0.0568. The molecule has 0 fully saturated rings. The van der Waals surface area contributed by atoms with Crippen molar-refractivity contribution >= 4 is 29.1 Å². The number of carbonyl (C=O) groups excluding carboxylic acids is 2. The van der Waals surface area contributed by atoms with Crippen molar-refractivity contribution in [2.24, 2.45) is 0 Å². The number of anilines is 1. The molecule has 0 spiro atoms. The largest absolute Gasteiger partial charge is 0.349 e. The first-order valence-corrected chi connectivity index (χ1v) is 9.51. The molecule has 0 radical (unpaired) electrons. The van der Waals surface area contributed by atoms with Crippen LogP contribution in [0.15, 0.2) is 54.6 Å². The second kappa shape index (κ2) is 10.7. The second-order valence-electron chi connectivity index (χ2n) is 6.83. The highest BCUT2D eigenvalue weighted by Gasteiger charge is 2.16. The molecule has 0 aromatic heterocycles. The summed E-state index contributed by atoms with van der Waals surface area (Å²) in [6.45, 7) is 2.43. The third-order valence-corrected chi connectivity index (χ3v) is 4.52. The van der Waals surface area contributed by atoms with Crippen molar-refractivity contribution in [1.29, 1.82) is 0 Å². The van der Waals surface area contributed by atoms with E-state index >= 15 is 0 Å². The van der Waals surface area contributed by atoms with Gasteiger partial charge in [-0.05, 0) is 37.5 Å². The first kappa shape index (κ1) is 20.9. The average molecular weight is 389 g/mol. The molecule has 2 atom stereocenters. The normalized spacial score (nSPS) is 12.9. The third-order valence-electron chi connectivity index (χ3n) is 4.19. The lowest BCUT2D eigenvalue weighted by Crippen LogP contribution is -3.11. The van der Waals surface area contributed by atoms with Gasteiger partial charge in [0, 0.05) is 6.04 Å². The summed E-state index contributed by atoms with van der Waals surface area (Å²) in [6, 6.07) is 17.4. The summed E-state index contributed by atoms with van der Waals surface area (Å²) < 4.78 is 0. The SMILES string of the molecule is C[C@@H](CCc1ccccc1)NC(=O)C[NH+](C)CC(=O)Nc1ccccc1Cl. The van der Waals surface area contributed by atoms with Crippen molar-refractivity contribution < 1.29 is 14.5 Å². The zero-order valence-electron chi connectivity index (χ0n) is 15.8. The molecule has 0 bridgehead atoms. The van der Waals surface area contributed by atoms with Crippen molar-refractivity contribution in [1.82, 2.24) is 5.32 Å². The average Bonchev–Trinajstić information content (AvgIpc) is 2.62. The Kier molecular flexibility index (Phi) is 8.30. The summed E-state index contributed by atoms with van der Waals surface area (Å²) in [5.74, 6) is -0.232. The number of aryl methyl sites for hydroxylation is 1. The molecule has 2 rings (SSSR count). The number of amides is 2. The van der Waals surface area contributed by atoms with Gasteiger partial charge in [-0.15, -0.1) is 0 Å². The van der Waals surface area contributed by atoms with Gasteiger partial charge in [-0.25, -0.2) is 0 Å². The topological polar surface area (TPSA) is 62.6 Å². The molecule has 5 nitrogen and oxygen atoms in total. The summed E-state index contributed by atoms with van der Waals surface area (Å²) in [6.07, 6.45) is 1.80. The van der Waals surface area contributed by atoms with Crippen LogP contribution in [0.2, 0.25) is 5.02 Å². The zero-order valence-corrected chi connectivity index (χ0v) is 16.6. The van der Waals surface area contributed by atoms with Crippen molar-refractivity contribution in [3.05, 3.63) is 65.2 Å². The van der Waals surface area contributed by atoms with Gasteiger partial charge in [0.25, 0.3) is 11.8 Å². The highest BCUT2D eigenvalue weighted by Crippen LogP contribution is 2.19. The zero-order chi connectivity index (χ0) is 19.6. The van der Waals surface area contributed by atoms with Gasteiger partial charge in [0.1, 0.15) is 0 Å². The molecule has 0 saturated heterocycles. The van der Waals surface area contributed by atoms with Crippen molar-refractivity contribution in [2.75, 3.05) is 25.5 Å².